The van der Waals surface area contributed by atoms with Crippen LogP contribution in [0.25, 0.3) is 0 Å². The first-order valence-corrected chi connectivity index (χ1v) is 7.32. The molecular formula is C14H16ClN5O2. The van der Waals surface area contributed by atoms with E-state index in [1.54, 1.807) is 30.3 Å². The minimum atomic E-state index is -0.192. The summed E-state index contributed by atoms with van der Waals surface area (Å²) in [6.45, 7) is 1.18. The Balaban J connectivity index is 1.53. The second-order valence-corrected chi connectivity index (χ2v) is 5.57. The van der Waals surface area contributed by atoms with Gasteiger partial charge in [0.1, 0.15) is 11.9 Å². The van der Waals surface area contributed by atoms with Crippen molar-refractivity contribution in [1.82, 2.24) is 19.9 Å². The molecule has 22 heavy (non-hydrogen) atoms. The maximum Gasteiger partial charge on any atom is 0.323 e. The Kier molecular flexibility index (Phi) is 4.15. The largest absolute Gasteiger partial charge is 0.489 e. The van der Waals surface area contributed by atoms with E-state index in [2.05, 4.69) is 15.6 Å². The Morgan fingerprint density at radius 2 is 2.18 bits per heavy atom. The standard InChI is InChI=1S/C14H16ClN5O2/c1-19-9-13(17-18-19)16-14(21)20-7-6-12(8-20)22-11-4-2-10(15)3-5-11/h2-5,9,12H,6-8H2,1H3,(H,16,21). The lowest BCUT2D eigenvalue weighted by Crippen LogP contribution is -2.34. The van der Waals surface area contributed by atoms with Crippen molar-refractivity contribution < 1.29 is 9.53 Å². The fourth-order valence-electron chi connectivity index (χ4n) is 2.31. The molecule has 1 aromatic carbocycles. The van der Waals surface area contributed by atoms with Gasteiger partial charge in [0.05, 0.1) is 12.7 Å². The number of nitrogens with one attached hydrogen (secondary N) is 1. The van der Waals surface area contributed by atoms with Gasteiger partial charge >= 0.3 is 6.03 Å². The van der Waals surface area contributed by atoms with Crippen molar-refractivity contribution in [2.75, 3.05) is 18.4 Å². The fraction of sp³-hybridized carbons (Fsp3) is 0.357. The maximum absolute atomic E-state index is 12.1. The van der Waals surface area contributed by atoms with Crippen LogP contribution in [0.1, 0.15) is 6.42 Å². The van der Waals surface area contributed by atoms with E-state index in [0.29, 0.717) is 23.9 Å². The van der Waals surface area contributed by atoms with Crippen molar-refractivity contribution >= 4 is 23.4 Å². The molecule has 8 heteroatoms. The van der Waals surface area contributed by atoms with Crippen LogP contribution >= 0.6 is 11.6 Å². The Hall–Kier alpha value is -2.28. The lowest BCUT2D eigenvalue weighted by atomic mass is 10.3. The van der Waals surface area contributed by atoms with Crippen molar-refractivity contribution in [2.45, 2.75) is 12.5 Å². The molecule has 2 heterocycles. The van der Waals surface area contributed by atoms with Gasteiger partial charge < -0.3 is 9.64 Å². The van der Waals surface area contributed by atoms with Gasteiger partial charge in [0, 0.05) is 25.0 Å². The third kappa shape index (κ3) is 3.48. The van der Waals surface area contributed by atoms with Crippen molar-refractivity contribution in [3.63, 3.8) is 0 Å². The first kappa shape index (κ1) is 14.6. The normalized spacial score (nSPS) is 17.5. The van der Waals surface area contributed by atoms with Gasteiger partial charge in [0.25, 0.3) is 0 Å². The number of carbonyl (C=O) groups is 1. The minimum absolute atomic E-state index is 0.0196. The third-order valence-electron chi connectivity index (χ3n) is 3.39. The van der Waals surface area contributed by atoms with Gasteiger partial charge in [-0.1, -0.05) is 16.8 Å². The van der Waals surface area contributed by atoms with E-state index in [4.69, 9.17) is 16.3 Å². The van der Waals surface area contributed by atoms with E-state index in [0.717, 1.165) is 12.2 Å². The van der Waals surface area contributed by atoms with E-state index in [1.807, 2.05) is 12.1 Å². The SMILES string of the molecule is Cn1cc(NC(=O)N2CCC(Oc3ccc(Cl)cc3)C2)nn1. The molecule has 1 aliphatic heterocycles. The van der Waals surface area contributed by atoms with Crippen LogP contribution in [0.2, 0.25) is 5.02 Å². The molecule has 2 amide bonds. The third-order valence-corrected chi connectivity index (χ3v) is 3.64. The lowest BCUT2D eigenvalue weighted by Gasteiger charge is -2.17. The molecular weight excluding hydrogens is 306 g/mol. The van der Waals surface area contributed by atoms with Crippen LogP contribution in [0.4, 0.5) is 10.6 Å². The first-order valence-electron chi connectivity index (χ1n) is 6.94. The molecule has 0 saturated carbocycles. The van der Waals surface area contributed by atoms with E-state index < -0.39 is 0 Å². The van der Waals surface area contributed by atoms with Gasteiger partial charge in [-0.25, -0.2) is 4.79 Å². The van der Waals surface area contributed by atoms with Gasteiger partial charge in [-0.3, -0.25) is 10.00 Å². The lowest BCUT2D eigenvalue weighted by molar-refractivity contribution is 0.195. The van der Waals surface area contributed by atoms with Gasteiger partial charge in [0.15, 0.2) is 5.82 Å². The summed E-state index contributed by atoms with van der Waals surface area (Å²) in [7, 11) is 1.74. The minimum Gasteiger partial charge on any atom is -0.489 e. The molecule has 1 aliphatic rings. The highest BCUT2D eigenvalue weighted by molar-refractivity contribution is 6.30. The Labute approximate surface area is 132 Å². The second kappa shape index (κ2) is 6.23. The highest BCUT2D eigenvalue weighted by Crippen LogP contribution is 2.21. The van der Waals surface area contributed by atoms with E-state index in [-0.39, 0.29) is 12.1 Å². The fourth-order valence-corrected chi connectivity index (χ4v) is 2.43. The summed E-state index contributed by atoms with van der Waals surface area (Å²) >= 11 is 5.84. The van der Waals surface area contributed by atoms with E-state index in [9.17, 15) is 4.79 Å². The predicted molar refractivity (Wildman–Crippen MR) is 82.1 cm³/mol. The Bertz CT molecular complexity index is 658. The topological polar surface area (TPSA) is 72.3 Å². The monoisotopic (exact) mass is 321 g/mol. The summed E-state index contributed by atoms with van der Waals surface area (Å²) in [6.07, 6.45) is 2.42. The number of hydrogen-bond acceptors (Lipinski definition) is 4. The zero-order chi connectivity index (χ0) is 15.5. The van der Waals surface area contributed by atoms with E-state index >= 15 is 0 Å². The number of anilines is 1. The average molecular weight is 322 g/mol. The van der Waals surface area contributed by atoms with Crippen LogP contribution in [0, 0.1) is 0 Å². The van der Waals surface area contributed by atoms with Gasteiger partial charge in [-0.05, 0) is 24.3 Å². The van der Waals surface area contributed by atoms with Crippen molar-refractivity contribution in [2.24, 2.45) is 7.05 Å². The number of benzene rings is 1. The number of rotatable bonds is 3. The number of nitrogens with zero attached hydrogens (tertiary/aromatic N) is 4. The number of carbonyl (C=O) groups excluding carboxylic acids is 1. The summed E-state index contributed by atoms with van der Waals surface area (Å²) in [4.78, 5) is 13.8. The number of halogens is 1. The number of amides is 2. The number of urea groups is 1. The van der Waals surface area contributed by atoms with Gasteiger partial charge in [-0.2, -0.15) is 0 Å². The molecule has 0 bridgehead atoms. The summed E-state index contributed by atoms with van der Waals surface area (Å²) in [5.74, 6) is 1.19. The molecule has 116 valence electrons. The summed E-state index contributed by atoms with van der Waals surface area (Å²) in [5, 5.41) is 11.0. The zero-order valence-electron chi connectivity index (χ0n) is 12.1. The van der Waals surface area contributed by atoms with E-state index in [1.165, 1.54) is 4.68 Å². The van der Waals surface area contributed by atoms with Crippen LogP contribution < -0.4 is 10.1 Å². The predicted octanol–water partition coefficient (Wildman–Crippen LogP) is 2.15. The van der Waals surface area contributed by atoms with Crippen LogP contribution in [0.5, 0.6) is 5.75 Å². The molecule has 7 nitrogen and oxygen atoms in total. The molecule has 1 saturated heterocycles. The molecule has 0 radical (unpaired) electrons. The second-order valence-electron chi connectivity index (χ2n) is 5.14. The maximum atomic E-state index is 12.1. The molecule has 1 atom stereocenters. The molecule has 1 unspecified atom stereocenters. The molecule has 2 aromatic rings. The van der Waals surface area contributed by atoms with Crippen molar-refractivity contribution in [3.8, 4) is 5.75 Å². The molecule has 0 spiro atoms. The highest BCUT2D eigenvalue weighted by Gasteiger charge is 2.28. The zero-order valence-corrected chi connectivity index (χ0v) is 12.8. The number of aromatic nitrogens is 3. The molecule has 3 rings (SSSR count). The average Bonchev–Trinajstić information content (AvgIpc) is 3.11. The number of likely N-dealkylation sites (tertiary alicyclic amines) is 1. The highest BCUT2D eigenvalue weighted by atomic mass is 35.5. The number of hydrogen-bond donors (Lipinski definition) is 1. The van der Waals surface area contributed by atoms with Crippen molar-refractivity contribution in [1.29, 1.82) is 0 Å². The van der Waals surface area contributed by atoms with Crippen molar-refractivity contribution in [3.05, 3.63) is 35.5 Å². The summed E-state index contributed by atoms with van der Waals surface area (Å²) in [5.41, 5.74) is 0. The first-order chi connectivity index (χ1) is 10.6. The summed E-state index contributed by atoms with van der Waals surface area (Å²) in [6, 6.07) is 7.02. The van der Waals surface area contributed by atoms with Gasteiger partial charge in [-0.15, -0.1) is 5.10 Å². The van der Waals surface area contributed by atoms with Gasteiger partial charge in [0.2, 0.25) is 0 Å². The van der Waals surface area contributed by atoms with Crippen LogP contribution in [-0.2, 0) is 7.05 Å². The molecule has 1 aromatic heterocycles. The Morgan fingerprint density at radius 1 is 1.41 bits per heavy atom. The number of aryl methyl sites for hydroxylation is 1. The van der Waals surface area contributed by atoms with Crippen LogP contribution in [0.15, 0.2) is 30.5 Å². The summed E-state index contributed by atoms with van der Waals surface area (Å²) < 4.78 is 7.39. The number of ether oxygens (including phenoxy) is 1. The van der Waals surface area contributed by atoms with Crippen LogP contribution in [0.3, 0.4) is 0 Å². The molecule has 1 N–H and O–H groups in total. The quantitative estimate of drug-likeness (QED) is 0.940. The smallest absolute Gasteiger partial charge is 0.323 e. The Morgan fingerprint density at radius 3 is 2.86 bits per heavy atom. The molecule has 0 aliphatic carbocycles. The van der Waals surface area contributed by atoms with Crippen LogP contribution in [-0.4, -0.2) is 45.1 Å². The molecule has 1 fully saturated rings.